The van der Waals surface area contributed by atoms with Gasteiger partial charge >= 0.3 is 5.97 Å². The Morgan fingerprint density at radius 3 is 2.48 bits per heavy atom. The van der Waals surface area contributed by atoms with E-state index in [0.717, 1.165) is 0 Å². The first kappa shape index (κ1) is 16.5. The summed E-state index contributed by atoms with van der Waals surface area (Å²) in [6, 6.07) is 1.63. The zero-order valence-corrected chi connectivity index (χ0v) is 13.9. The molecule has 2 rings (SSSR count). The Kier molecular flexibility index (Phi) is 4.54. The van der Waals surface area contributed by atoms with Crippen LogP contribution in [0.5, 0.6) is 0 Å². The van der Waals surface area contributed by atoms with Crippen LogP contribution in [-0.2, 0) is 14.8 Å². The fraction of sp³-hybridized carbons (Fsp3) is 0.462. The number of halogens is 2. The highest BCUT2D eigenvalue weighted by Crippen LogP contribution is 2.37. The van der Waals surface area contributed by atoms with Crippen molar-refractivity contribution in [2.24, 2.45) is 5.92 Å². The molecule has 5 nitrogen and oxygen atoms in total. The first-order chi connectivity index (χ1) is 9.64. The summed E-state index contributed by atoms with van der Waals surface area (Å²) in [4.78, 5) is 10.6. The molecule has 21 heavy (non-hydrogen) atoms. The average molecular weight is 352 g/mol. The van der Waals surface area contributed by atoms with Crippen LogP contribution < -0.4 is 0 Å². The molecule has 0 amide bonds. The lowest BCUT2D eigenvalue weighted by molar-refractivity contribution is -0.139. The number of benzene rings is 1. The molecule has 0 spiro atoms. The molecule has 1 aliphatic rings. The molecule has 0 atom stereocenters. The monoisotopic (exact) mass is 351 g/mol. The van der Waals surface area contributed by atoms with Gasteiger partial charge in [0.2, 0.25) is 10.0 Å². The summed E-state index contributed by atoms with van der Waals surface area (Å²) >= 11 is 12.2. The highest BCUT2D eigenvalue weighted by atomic mass is 35.5. The molecule has 0 bridgehead atoms. The van der Waals surface area contributed by atoms with E-state index in [1.54, 1.807) is 19.9 Å². The Labute approximate surface area is 133 Å². The molecular weight excluding hydrogens is 337 g/mol. The Balaban J connectivity index is 2.33. The quantitative estimate of drug-likeness (QED) is 0.904. The zero-order valence-electron chi connectivity index (χ0n) is 11.6. The van der Waals surface area contributed by atoms with Crippen LogP contribution in [0.2, 0.25) is 10.0 Å². The Hall–Kier alpha value is -0.820. The molecule has 1 fully saturated rings. The minimum Gasteiger partial charge on any atom is -0.481 e. The van der Waals surface area contributed by atoms with Gasteiger partial charge in [-0.1, -0.05) is 23.2 Å². The number of sulfonamides is 1. The molecular formula is C13H15Cl2NO4S. The second kappa shape index (κ2) is 5.76. The van der Waals surface area contributed by atoms with E-state index < -0.39 is 16.0 Å². The lowest BCUT2D eigenvalue weighted by atomic mass is 10.00. The highest BCUT2D eigenvalue weighted by molar-refractivity contribution is 7.89. The van der Waals surface area contributed by atoms with E-state index in [2.05, 4.69) is 0 Å². The van der Waals surface area contributed by atoms with Crippen LogP contribution in [0.3, 0.4) is 0 Å². The van der Waals surface area contributed by atoms with Crippen LogP contribution in [0.1, 0.15) is 17.5 Å². The lowest BCUT2D eigenvalue weighted by Crippen LogP contribution is -2.50. The van der Waals surface area contributed by atoms with Crippen molar-refractivity contribution >= 4 is 39.2 Å². The third-order valence-electron chi connectivity index (χ3n) is 3.57. The average Bonchev–Trinajstić information content (AvgIpc) is 2.30. The van der Waals surface area contributed by atoms with Crippen molar-refractivity contribution in [3.8, 4) is 0 Å². The fourth-order valence-corrected chi connectivity index (χ4v) is 5.10. The summed E-state index contributed by atoms with van der Waals surface area (Å²) < 4.78 is 26.5. The predicted molar refractivity (Wildman–Crippen MR) is 80.4 cm³/mol. The van der Waals surface area contributed by atoms with E-state index in [1.807, 2.05) is 0 Å². The topological polar surface area (TPSA) is 74.7 Å². The van der Waals surface area contributed by atoms with Crippen molar-refractivity contribution in [2.75, 3.05) is 13.1 Å². The van der Waals surface area contributed by atoms with E-state index in [0.29, 0.717) is 16.1 Å². The third-order valence-corrected chi connectivity index (χ3v) is 6.57. The molecule has 0 aliphatic carbocycles. The van der Waals surface area contributed by atoms with Gasteiger partial charge in [0.05, 0.1) is 11.4 Å². The maximum atomic E-state index is 12.6. The third kappa shape index (κ3) is 3.04. The van der Waals surface area contributed by atoms with Crippen molar-refractivity contribution < 1.29 is 18.3 Å². The number of hydrogen-bond donors (Lipinski definition) is 1. The van der Waals surface area contributed by atoms with Gasteiger partial charge in [0, 0.05) is 18.1 Å². The SMILES string of the molecule is Cc1cc(Cl)c(C)c(S(=O)(=O)N2CC(CC(=O)O)C2)c1Cl. The number of hydrogen-bond acceptors (Lipinski definition) is 3. The molecule has 0 aromatic heterocycles. The maximum absolute atomic E-state index is 12.6. The summed E-state index contributed by atoms with van der Waals surface area (Å²) in [6.07, 6.45) is -0.0344. The van der Waals surface area contributed by atoms with Gasteiger partial charge in [0.1, 0.15) is 4.90 Å². The molecule has 1 saturated heterocycles. The minimum atomic E-state index is -3.75. The zero-order chi connectivity index (χ0) is 15.9. The summed E-state index contributed by atoms with van der Waals surface area (Å²) in [7, 11) is -3.75. The van der Waals surface area contributed by atoms with Crippen LogP contribution in [-0.4, -0.2) is 36.9 Å². The van der Waals surface area contributed by atoms with E-state index in [9.17, 15) is 13.2 Å². The molecule has 1 aromatic carbocycles. The van der Waals surface area contributed by atoms with Gasteiger partial charge in [-0.25, -0.2) is 8.42 Å². The number of carbonyl (C=O) groups is 1. The van der Waals surface area contributed by atoms with Crippen LogP contribution in [0.4, 0.5) is 0 Å². The van der Waals surface area contributed by atoms with Crippen LogP contribution in [0, 0.1) is 19.8 Å². The molecule has 0 unspecified atom stereocenters. The van der Waals surface area contributed by atoms with Crippen LogP contribution in [0.15, 0.2) is 11.0 Å². The number of rotatable bonds is 4. The second-order valence-corrected chi connectivity index (χ2v) is 7.89. The van der Waals surface area contributed by atoms with E-state index in [4.69, 9.17) is 28.3 Å². The van der Waals surface area contributed by atoms with E-state index in [-0.39, 0.29) is 35.3 Å². The van der Waals surface area contributed by atoms with Crippen molar-refractivity contribution in [2.45, 2.75) is 25.2 Å². The molecule has 116 valence electrons. The molecule has 1 aliphatic heterocycles. The van der Waals surface area contributed by atoms with Gasteiger partial charge in [0.15, 0.2) is 0 Å². The first-order valence-corrected chi connectivity index (χ1v) is 8.51. The van der Waals surface area contributed by atoms with Gasteiger partial charge in [0.25, 0.3) is 0 Å². The summed E-state index contributed by atoms with van der Waals surface area (Å²) in [5.74, 6) is -1.08. The molecule has 0 saturated carbocycles. The fourth-order valence-electron chi connectivity index (χ4n) is 2.34. The molecule has 0 radical (unpaired) electrons. The molecule has 1 heterocycles. The van der Waals surface area contributed by atoms with Crippen LogP contribution in [0.25, 0.3) is 0 Å². The number of carboxylic acid groups (broad SMARTS) is 1. The molecule has 1 N–H and O–H groups in total. The smallest absolute Gasteiger partial charge is 0.303 e. The van der Waals surface area contributed by atoms with Gasteiger partial charge in [-0.3, -0.25) is 4.79 Å². The summed E-state index contributed by atoms with van der Waals surface area (Å²) in [5, 5.41) is 9.22. The van der Waals surface area contributed by atoms with Gasteiger partial charge in [-0.2, -0.15) is 4.31 Å². The Bertz CT molecular complexity index is 670. The number of nitrogens with zero attached hydrogens (tertiary/aromatic N) is 1. The number of aryl methyl sites for hydroxylation is 1. The highest BCUT2D eigenvalue weighted by Gasteiger charge is 2.39. The summed E-state index contributed by atoms with van der Waals surface area (Å²) in [5.41, 5.74) is 1.00. The van der Waals surface area contributed by atoms with Gasteiger partial charge in [-0.15, -0.1) is 0 Å². The predicted octanol–water partition coefficient (Wildman–Crippen LogP) is 2.71. The van der Waals surface area contributed by atoms with Crippen molar-refractivity contribution in [3.63, 3.8) is 0 Å². The van der Waals surface area contributed by atoms with Crippen molar-refractivity contribution in [3.05, 3.63) is 27.2 Å². The maximum Gasteiger partial charge on any atom is 0.303 e. The van der Waals surface area contributed by atoms with Crippen molar-refractivity contribution in [1.29, 1.82) is 0 Å². The second-order valence-electron chi connectivity index (χ2n) is 5.23. The lowest BCUT2D eigenvalue weighted by Gasteiger charge is -2.37. The Morgan fingerprint density at radius 1 is 1.38 bits per heavy atom. The van der Waals surface area contributed by atoms with Gasteiger partial charge in [-0.05, 0) is 37.0 Å². The minimum absolute atomic E-state index is 0.0166. The van der Waals surface area contributed by atoms with Gasteiger partial charge < -0.3 is 5.11 Å². The largest absolute Gasteiger partial charge is 0.481 e. The Morgan fingerprint density at radius 2 is 1.95 bits per heavy atom. The number of aliphatic carboxylic acids is 1. The molecule has 8 heteroatoms. The first-order valence-electron chi connectivity index (χ1n) is 6.31. The number of carboxylic acids is 1. The normalized spacial score (nSPS) is 16.8. The summed E-state index contributed by atoms with van der Waals surface area (Å²) in [6.45, 7) is 3.68. The van der Waals surface area contributed by atoms with E-state index >= 15 is 0 Å². The van der Waals surface area contributed by atoms with Crippen molar-refractivity contribution in [1.82, 2.24) is 4.31 Å². The van der Waals surface area contributed by atoms with Crippen LogP contribution >= 0.6 is 23.2 Å². The van der Waals surface area contributed by atoms with E-state index in [1.165, 1.54) is 4.31 Å². The molecule has 1 aromatic rings. The standard InChI is InChI=1S/C13H15Cl2NO4S/c1-7-3-10(14)8(2)13(12(7)15)21(19,20)16-5-9(6-16)4-11(17)18/h3,9H,4-6H2,1-2H3,(H,17,18).